The van der Waals surface area contributed by atoms with Gasteiger partial charge in [-0.3, -0.25) is 0 Å². The average molecular weight is 466 g/mol. The smallest absolute Gasteiger partial charge is 0.744 e. The molecule has 0 aliphatic carbocycles. The summed E-state index contributed by atoms with van der Waals surface area (Å²) < 4.78 is 47.4. The molecule has 166 valence electrons. The van der Waals surface area contributed by atoms with E-state index in [1.165, 1.54) is 28.2 Å². The van der Waals surface area contributed by atoms with Gasteiger partial charge in [-0.1, -0.05) is 6.07 Å². The maximum absolute atomic E-state index is 12.3. The third-order valence-corrected chi connectivity index (χ3v) is 5.56. The minimum absolute atomic E-state index is 0. The Morgan fingerprint density at radius 1 is 0.871 bits per heavy atom. The molecule has 0 radical (unpaired) electrons. The number of hydrazine groups is 2. The van der Waals surface area contributed by atoms with Crippen molar-refractivity contribution >= 4 is 33.6 Å². The summed E-state index contributed by atoms with van der Waals surface area (Å²) in [6.45, 7) is 2.11. The maximum Gasteiger partial charge on any atom is 1.00 e. The van der Waals surface area contributed by atoms with Gasteiger partial charge in [-0.25, -0.2) is 38.0 Å². The molecule has 4 amide bonds. The van der Waals surface area contributed by atoms with Crippen LogP contribution in [0.25, 0.3) is 0 Å². The van der Waals surface area contributed by atoms with Gasteiger partial charge in [0.05, 0.1) is 37.8 Å². The zero-order chi connectivity index (χ0) is 21.9. The van der Waals surface area contributed by atoms with Crippen LogP contribution in [0.3, 0.4) is 0 Å². The van der Waals surface area contributed by atoms with Gasteiger partial charge in [0.25, 0.3) is 0 Å². The first-order valence-electron chi connectivity index (χ1n) is 9.15. The quantitative estimate of drug-likeness (QED) is 0.322. The molecule has 2 heterocycles. The van der Waals surface area contributed by atoms with Gasteiger partial charge < -0.3 is 25.5 Å². The minimum atomic E-state index is -5.16. The molecule has 2 aliphatic heterocycles. The van der Waals surface area contributed by atoms with Crippen LogP contribution in [0.4, 0.5) is 21.0 Å². The van der Waals surface area contributed by atoms with Crippen molar-refractivity contribution in [3.8, 4) is 0 Å². The molecule has 0 spiro atoms. The van der Waals surface area contributed by atoms with Gasteiger partial charge in [-0.05, 0) is 12.1 Å². The number of nitrogens with two attached hydrogens (primary N) is 2. The summed E-state index contributed by atoms with van der Waals surface area (Å²) in [7, 11) is -5.16. The SMILES string of the molecule is NC(=O)N(c1cccc(N(C(N)=O)N2CCOCC2)c1S(=O)(=O)[O-])N1CCOCC1.[Na+]. The Balaban J connectivity index is 0.00000341. The molecule has 4 N–H and O–H groups in total. The molecule has 13 nitrogen and oxygen atoms in total. The monoisotopic (exact) mass is 466 g/mol. The van der Waals surface area contributed by atoms with Crippen molar-refractivity contribution in [1.29, 1.82) is 0 Å². The number of morpholine rings is 2. The predicted octanol–water partition coefficient (Wildman–Crippen LogP) is -4.14. The fourth-order valence-corrected chi connectivity index (χ4v) is 4.25. The fourth-order valence-electron chi connectivity index (χ4n) is 3.43. The van der Waals surface area contributed by atoms with Crippen LogP contribution in [0.5, 0.6) is 0 Å². The van der Waals surface area contributed by atoms with Gasteiger partial charge >= 0.3 is 41.6 Å². The number of amides is 4. The molecule has 2 saturated heterocycles. The van der Waals surface area contributed by atoms with E-state index in [4.69, 9.17) is 20.9 Å². The topological polar surface area (TPSA) is 175 Å². The Kier molecular flexibility index (Phi) is 9.05. The molecule has 15 heteroatoms. The van der Waals surface area contributed by atoms with E-state index in [-0.39, 0.29) is 93.5 Å². The van der Waals surface area contributed by atoms with Gasteiger partial charge in [0.15, 0.2) is 0 Å². The normalized spacial score (nSPS) is 18.1. The van der Waals surface area contributed by atoms with Crippen molar-refractivity contribution in [2.75, 3.05) is 62.6 Å². The zero-order valence-electron chi connectivity index (χ0n) is 17.1. The van der Waals surface area contributed by atoms with Gasteiger partial charge in [0.2, 0.25) is 0 Å². The standard InChI is InChI=1S/C16H24N6O7S.Na/c17-15(23)21(19-4-8-28-9-5-19)12-2-1-3-13(14(12)30(25,26)27)22(16(18)24)20-6-10-29-11-7-20;/h1-3H,4-11H2,(H2,17,23)(H2,18,24)(H,25,26,27);/q;+1/p-1. The van der Waals surface area contributed by atoms with E-state index < -0.39 is 27.1 Å². The van der Waals surface area contributed by atoms with Crippen LogP contribution in [-0.4, -0.2) is 87.7 Å². The molecule has 0 bridgehead atoms. The number of carbonyl (C=O) groups excluding carboxylic acids is 2. The summed E-state index contributed by atoms with van der Waals surface area (Å²) >= 11 is 0. The van der Waals surface area contributed by atoms with Crippen LogP contribution in [-0.2, 0) is 19.6 Å². The van der Waals surface area contributed by atoms with E-state index in [2.05, 4.69) is 0 Å². The molecule has 0 unspecified atom stereocenters. The fraction of sp³-hybridized carbons (Fsp3) is 0.500. The largest absolute Gasteiger partial charge is 1.00 e. The van der Waals surface area contributed by atoms with E-state index >= 15 is 0 Å². The molecule has 0 saturated carbocycles. The number of hydrogen-bond acceptors (Lipinski definition) is 9. The second kappa shape index (κ2) is 10.9. The van der Waals surface area contributed by atoms with E-state index in [0.29, 0.717) is 0 Å². The summed E-state index contributed by atoms with van der Waals surface area (Å²) in [5.41, 5.74) is 10.5. The van der Waals surface area contributed by atoms with Crippen molar-refractivity contribution in [2.24, 2.45) is 11.5 Å². The number of primary amides is 2. The van der Waals surface area contributed by atoms with Crippen LogP contribution in [0.15, 0.2) is 23.1 Å². The second-order valence-electron chi connectivity index (χ2n) is 6.51. The van der Waals surface area contributed by atoms with Gasteiger partial charge in [0.1, 0.15) is 15.0 Å². The summed E-state index contributed by atoms with van der Waals surface area (Å²) in [6, 6.07) is 1.97. The van der Waals surface area contributed by atoms with Gasteiger partial charge in [-0.2, -0.15) is 0 Å². The van der Waals surface area contributed by atoms with Gasteiger partial charge in [-0.15, -0.1) is 0 Å². The Morgan fingerprint density at radius 2 is 1.23 bits per heavy atom. The predicted molar refractivity (Wildman–Crippen MR) is 103 cm³/mol. The first-order valence-corrected chi connectivity index (χ1v) is 10.6. The Bertz CT molecular complexity index is 851. The van der Waals surface area contributed by atoms with Crippen LogP contribution in [0.1, 0.15) is 0 Å². The van der Waals surface area contributed by atoms with Crippen molar-refractivity contribution in [1.82, 2.24) is 10.0 Å². The van der Waals surface area contributed by atoms with E-state index in [1.54, 1.807) is 0 Å². The first-order chi connectivity index (χ1) is 14.2. The average Bonchev–Trinajstić information content (AvgIpc) is 2.69. The summed E-state index contributed by atoms with van der Waals surface area (Å²) in [6.07, 6.45) is 0. The molecule has 1 aromatic rings. The van der Waals surface area contributed by atoms with Crippen LogP contribution in [0.2, 0.25) is 0 Å². The minimum Gasteiger partial charge on any atom is -0.744 e. The first kappa shape index (κ1) is 25.8. The number of rotatable bonds is 5. The number of nitrogens with zero attached hydrogens (tertiary/aromatic N) is 4. The number of ether oxygens (including phenoxy) is 2. The number of carbonyl (C=O) groups is 2. The molecular formula is C16H23N6NaO7S. The summed E-state index contributed by atoms with van der Waals surface area (Å²) in [4.78, 5) is 23.7. The molecule has 3 rings (SSSR count). The van der Waals surface area contributed by atoms with E-state index in [1.807, 2.05) is 0 Å². The second-order valence-corrected chi connectivity index (χ2v) is 7.83. The summed E-state index contributed by atoms with van der Waals surface area (Å²) in [5, 5.41) is 4.77. The number of hydrogen-bond donors (Lipinski definition) is 2. The van der Waals surface area contributed by atoms with Crippen molar-refractivity contribution in [2.45, 2.75) is 4.90 Å². The molecule has 0 aromatic heterocycles. The number of benzene rings is 1. The molecule has 2 aliphatic rings. The molecule has 31 heavy (non-hydrogen) atoms. The van der Waals surface area contributed by atoms with Crippen LogP contribution < -0.4 is 51.0 Å². The van der Waals surface area contributed by atoms with Crippen LogP contribution >= 0.6 is 0 Å². The van der Waals surface area contributed by atoms with Crippen LogP contribution in [0, 0.1) is 0 Å². The van der Waals surface area contributed by atoms with Gasteiger partial charge in [0, 0.05) is 26.2 Å². The van der Waals surface area contributed by atoms with Crippen molar-refractivity contribution in [3.05, 3.63) is 18.2 Å². The molecule has 1 aromatic carbocycles. The Labute approximate surface area is 201 Å². The van der Waals surface area contributed by atoms with E-state index in [0.717, 1.165) is 10.0 Å². The van der Waals surface area contributed by atoms with E-state index in [9.17, 15) is 22.6 Å². The maximum atomic E-state index is 12.3. The Morgan fingerprint density at radius 3 is 1.52 bits per heavy atom. The number of urea groups is 2. The summed E-state index contributed by atoms with van der Waals surface area (Å²) in [5.74, 6) is 0. The molecule has 2 fully saturated rings. The third-order valence-electron chi connectivity index (χ3n) is 4.64. The van der Waals surface area contributed by atoms with Crippen molar-refractivity contribution < 1.29 is 61.6 Å². The Hall–Kier alpha value is -1.49. The number of anilines is 2. The third kappa shape index (κ3) is 5.85. The molecular weight excluding hydrogens is 443 g/mol. The zero-order valence-corrected chi connectivity index (χ0v) is 19.9. The molecule has 0 atom stereocenters. The van der Waals surface area contributed by atoms with Crippen molar-refractivity contribution in [3.63, 3.8) is 0 Å².